The Balaban J connectivity index is 1.95. The summed E-state index contributed by atoms with van der Waals surface area (Å²) in [5, 5.41) is 3.79. The average molecular weight is 274 g/mol. The Morgan fingerprint density at radius 3 is 2.95 bits per heavy atom. The molecule has 106 valence electrons. The van der Waals surface area contributed by atoms with Crippen LogP contribution in [0.3, 0.4) is 0 Å². The maximum Gasteiger partial charge on any atom is 0.278 e. The van der Waals surface area contributed by atoms with Gasteiger partial charge in [0.25, 0.3) is 5.91 Å². The monoisotopic (exact) mass is 274 g/mol. The number of para-hydroxylation sites is 1. The number of rotatable bonds is 6. The second kappa shape index (κ2) is 6.70. The van der Waals surface area contributed by atoms with Crippen LogP contribution >= 0.6 is 0 Å². The van der Waals surface area contributed by atoms with Gasteiger partial charge in [0.05, 0.1) is 0 Å². The van der Waals surface area contributed by atoms with Crippen molar-refractivity contribution in [1.29, 1.82) is 0 Å². The van der Waals surface area contributed by atoms with E-state index in [4.69, 9.17) is 4.74 Å². The van der Waals surface area contributed by atoms with E-state index in [-0.39, 0.29) is 12.5 Å². The highest BCUT2D eigenvalue weighted by molar-refractivity contribution is 5.84. The van der Waals surface area contributed by atoms with E-state index in [0.717, 1.165) is 17.7 Å². The van der Waals surface area contributed by atoms with Gasteiger partial charge in [0.2, 0.25) is 0 Å². The van der Waals surface area contributed by atoms with Crippen molar-refractivity contribution in [3.63, 3.8) is 0 Å². The summed E-state index contributed by atoms with van der Waals surface area (Å²) in [6.45, 7) is 4.20. The van der Waals surface area contributed by atoms with E-state index in [1.165, 1.54) is 17.4 Å². The molecule has 1 heterocycles. The van der Waals surface area contributed by atoms with Gasteiger partial charge in [-0.3, -0.25) is 4.79 Å². The van der Waals surface area contributed by atoms with Crippen LogP contribution in [-0.4, -0.2) is 27.4 Å². The first kappa shape index (κ1) is 14.0. The summed E-state index contributed by atoms with van der Waals surface area (Å²) >= 11 is 0. The summed E-state index contributed by atoms with van der Waals surface area (Å²) in [7, 11) is 0. The number of benzene rings is 1. The molecule has 20 heavy (non-hydrogen) atoms. The Hall–Kier alpha value is -2.37. The Morgan fingerprint density at radius 1 is 1.45 bits per heavy atom. The molecule has 0 aliphatic carbocycles. The van der Waals surface area contributed by atoms with E-state index in [0.29, 0.717) is 5.92 Å². The van der Waals surface area contributed by atoms with Gasteiger partial charge in [0.15, 0.2) is 6.61 Å². The summed E-state index contributed by atoms with van der Waals surface area (Å²) in [5.74, 6) is 0.856. The first-order valence-electron chi connectivity index (χ1n) is 6.57. The molecule has 0 unspecified atom stereocenters. The fourth-order valence-corrected chi connectivity index (χ4v) is 1.81. The van der Waals surface area contributed by atoms with Crippen LogP contribution < -0.4 is 10.2 Å². The van der Waals surface area contributed by atoms with Crippen molar-refractivity contribution in [3.05, 3.63) is 42.5 Å². The van der Waals surface area contributed by atoms with Crippen LogP contribution in [0, 0.1) is 0 Å². The largest absolute Gasteiger partial charge is 0.483 e. The van der Waals surface area contributed by atoms with Crippen molar-refractivity contribution in [1.82, 2.24) is 14.9 Å². The van der Waals surface area contributed by atoms with Gasteiger partial charge in [0, 0.05) is 0 Å². The fourth-order valence-electron chi connectivity index (χ4n) is 1.81. The topological polar surface area (TPSA) is 69.0 Å². The van der Waals surface area contributed by atoms with Gasteiger partial charge < -0.3 is 4.74 Å². The second-order valence-corrected chi connectivity index (χ2v) is 4.51. The van der Waals surface area contributed by atoms with Crippen molar-refractivity contribution in [3.8, 4) is 5.75 Å². The number of aromatic nitrogens is 3. The zero-order valence-corrected chi connectivity index (χ0v) is 11.6. The van der Waals surface area contributed by atoms with Crippen LogP contribution in [0.25, 0.3) is 0 Å². The molecule has 0 saturated carbocycles. The molecule has 2 aromatic rings. The first-order chi connectivity index (χ1) is 9.70. The molecule has 0 aliphatic heterocycles. The molecule has 6 nitrogen and oxygen atoms in total. The van der Waals surface area contributed by atoms with Gasteiger partial charge in [0.1, 0.15) is 18.4 Å². The van der Waals surface area contributed by atoms with Crippen LogP contribution in [-0.2, 0) is 4.79 Å². The van der Waals surface area contributed by atoms with Gasteiger partial charge in [-0.25, -0.2) is 10.4 Å². The van der Waals surface area contributed by atoms with Gasteiger partial charge >= 0.3 is 0 Å². The minimum atomic E-state index is -0.283. The predicted molar refractivity (Wildman–Crippen MR) is 75.0 cm³/mol. The van der Waals surface area contributed by atoms with Crippen molar-refractivity contribution in [2.75, 3.05) is 12.0 Å². The summed E-state index contributed by atoms with van der Waals surface area (Å²) in [4.78, 5) is 16.7. The molecule has 0 bridgehead atoms. The highest BCUT2D eigenvalue weighted by Crippen LogP contribution is 2.28. The van der Waals surface area contributed by atoms with E-state index in [1.807, 2.05) is 24.3 Å². The number of nitrogens with one attached hydrogen (secondary N) is 1. The average Bonchev–Trinajstić information content (AvgIpc) is 2.97. The lowest BCUT2D eigenvalue weighted by atomic mass is 9.98. The number of nitrogens with zero attached hydrogens (tertiary/aromatic N) is 3. The third kappa shape index (κ3) is 3.57. The normalized spacial score (nSPS) is 11.9. The number of carbonyl (C=O) groups is 1. The quantitative estimate of drug-likeness (QED) is 0.874. The maximum atomic E-state index is 11.7. The van der Waals surface area contributed by atoms with Gasteiger partial charge in [-0.15, -0.1) is 5.10 Å². The molecule has 2 rings (SSSR count). The molecular weight excluding hydrogens is 256 g/mol. The molecule has 0 aliphatic rings. The number of ether oxygens (including phenoxy) is 1. The molecule has 1 N–H and O–H groups in total. The standard InChI is InChI=1S/C14H18N4O2/c1-3-11(2)12-6-4-5-7-13(12)20-8-14(19)17-18-10-15-9-16-18/h4-7,9-11H,3,8H2,1-2H3,(H,17,19)/t11-/m1/s1. The molecule has 0 spiro atoms. The Labute approximate surface area is 117 Å². The lowest BCUT2D eigenvalue weighted by Gasteiger charge is -2.15. The number of amides is 1. The van der Waals surface area contributed by atoms with Crippen LogP contribution in [0.5, 0.6) is 5.75 Å². The smallest absolute Gasteiger partial charge is 0.278 e. The Morgan fingerprint density at radius 2 is 2.25 bits per heavy atom. The molecule has 1 amide bonds. The van der Waals surface area contributed by atoms with E-state index >= 15 is 0 Å². The molecule has 0 saturated heterocycles. The summed E-state index contributed by atoms with van der Waals surface area (Å²) in [6.07, 6.45) is 3.77. The van der Waals surface area contributed by atoms with E-state index in [9.17, 15) is 4.79 Å². The zero-order chi connectivity index (χ0) is 14.4. The van der Waals surface area contributed by atoms with Gasteiger partial charge in [-0.2, -0.15) is 4.79 Å². The lowest BCUT2D eigenvalue weighted by molar-refractivity contribution is -0.119. The minimum Gasteiger partial charge on any atom is -0.483 e. The number of hydrogen-bond donors (Lipinski definition) is 1. The van der Waals surface area contributed by atoms with Crippen LogP contribution in [0.1, 0.15) is 31.7 Å². The van der Waals surface area contributed by atoms with Crippen molar-refractivity contribution < 1.29 is 9.53 Å². The Kier molecular flexibility index (Phi) is 4.70. The molecule has 6 heteroatoms. The lowest BCUT2D eigenvalue weighted by Crippen LogP contribution is -2.28. The summed E-state index contributed by atoms with van der Waals surface area (Å²) < 4.78 is 5.60. The van der Waals surface area contributed by atoms with Gasteiger partial charge in [-0.05, 0) is 24.0 Å². The van der Waals surface area contributed by atoms with Crippen LogP contribution in [0.15, 0.2) is 36.9 Å². The predicted octanol–water partition coefficient (Wildman–Crippen LogP) is 1.94. The molecule has 1 aromatic carbocycles. The molecule has 0 fully saturated rings. The van der Waals surface area contributed by atoms with Crippen molar-refractivity contribution in [2.45, 2.75) is 26.2 Å². The highest BCUT2D eigenvalue weighted by atomic mass is 16.5. The van der Waals surface area contributed by atoms with E-state index in [1.54, 1.807) is 0 Å². The number of hydrogen-bond acceptors (Lipinski definition) is 4. The fraction of sp³-hybridized carbons (Fsp3) is 0.357. The molecule has 1 aromatic heterocycles. The van der Waals surface area contributed by atoms with Gasteiger partial charge in [-0.1, -0.05) is 32.0 Å². The van der Waals surface area contributed by atoms with Crippen molar-refractivity contribution in [2.24, 2.45) is 0 Å². The zero-order valence-electron chi connectivity index (χ0n) is 11.6. The van der Waals surface area contributed by atoms with E-state index in [2.05, 4.69) is 29.4 Å². The SMILES string of the molecule is CC[C@@H](C)c1ccccc1OCC(=O)Nn1cncn1. The molecule has 0 radical (unpaired) electrons. The maximum absolute atomic E-state index is 11.7. The van der Waals surface area contributed by atoms with E-state index < -0.39 is 0 Å². The Bertz CT molecular complexity index is 554. The summed E-state index contributed by atoms with van der Waals surface area (Å²) in [6, 6.07) is 7.78. The third-order valence-corrected chi connectivity index (χ3v) is 3.08. The molecular formula is C14H18N4O2. The molecule has 1 atom stereocenters. The minimum absolute atomic E-state index is 0.0622. The summed E-state index contributed by atoms with van der Waals surface area (Å²) in [5.41, 5.74) is 3.65. The van der Waals surface area contributed by atoms with Crippen LogP contribution in [0.2, 0.25) is 0 Å². The van der Waals surface area contributed by atoms with Crippen LogP contribution in [0.4, 0.5) is 0 Å². The number of carbonyl (C=O) groups excluding carboxylic acids is 1. The first-order valence-corrected chi connectivity index (χ1v) is 6.57. The highest BCUT2D eigenvalue weighted by Gasteiger charge is 2.11. The third-order valence-electron chi connectivity index (χ3n) is 3.08. The second-order valence-electron chi connectivity index (χ2n) is 4.51. The van der Waals surface area contributed by atoms with Crippen molar-refractivity contribution >= 4 is 5.91 Å².